The van der Waals surface area contributed by atoms with Gasteiger partial charge < -0.3 is 25.3 Å². The smallest absolute Gasteiger partial charge is 0.407 e. The van der Waals surface area contributed by atoms with Gasteiger partial charge in [0.05, 0.1) is 13.7 Å². The van der Waals surface area contributed by atoms with Crippen molar-refractivity contribution in [1.29, 1.82) is 0 Å². The number of para-hydroxylation sites is 2. The molecule has 1 aliphatic heterocycles. The molecule has 1 aliphatic rings. The maximum absolute atomic E-state index is 10.9. The summed E-state index contributed by atoms with van der Waals surface area (Å²) in [7, 11) is 1.58. The fourth-order valence-electron chi connectivity index (χ4n) is 1.45. The summed E-state index contributed by atoms with van der Waals surface area (Å²) >= 11 is 3.85. The number of carbonyl (C=O) groups excluding carboxylic acids is 1. The number of methoxy groups -OCH3 is 1. The van der Waals surface area contributed by atoms with Gasteiger partial charge in [-0.05, 0) is 12.1 Å². The molecule has 1 unspecified atom stereocenters. The third kappa shape index (κ3) is 6.08. The van der Waals surface area contributed by atoms with Crippen molar-refractivity contribution in [3.8, 4) is 11.5 Å². The number of cyclic esters (lactones) is 1. The molecule has 9 heteroatoms. The molecule has 1 saturated heterocycles. The predicted octanol–water partition coefficient (Wildman–Crippen LogP) is 1.72. The summed E-state index contributed by atoms with van der Waals surface area (Å²) in [6, 6.07) is 7.34. The van der Waals surface area contributed by atoms with E-state index in [1.165, 1.54) is 0 Å². The number of halogens is 2. The van der Waals surface area contributed by atoms with Gasteiger partial charge in [0.15, 0.2) is 17.6 Å². The number of nitrogens with one attached hydrogen (secondary N) is 1. The Balaban J connectivity index is 0.000000346. The number of hydrogen-bond donors (Lipinski definition) is 2. The van der Waals surface area contributed by atoms with Crippen LogP contribution < -0.4 is 20.5 Å². The average molecular weight is 334 g/mol. The lowest BCUT2D eigenvalue weighted by Gasteiger charge is -2.12. The van der Waals surface area contributed by atoms with Crippen molar-refractivity contribution in [3.05, 3.63) is 24.3 Å². The van der Waals surface area contributed by atoms with Gasteiger partial charge in [0.25, 0.3) is 6.43 Å². The number of amides is 1. The summed E-state index contributed by atoms with van der Waals surface area (Å²) in [4.78, 5) is 10.0. The van der Waals surface area contributed by atoms with Gasteiger partial charge in [-0.25, -0.2) is 13.6 Å². The van der Waals surface area contributed by atoms with E-state index in [2.05, 4.69) is 23.3 Å². The quantitative estimate of drug-likeness (QED) is 0.798. The number of nitrogens with two attached hydrogens (primary N) is 1. The van der Waals surface area contributed by atoms with Crippen LogP contribution >= 0.6 is 12.2 Å². The van der Waals surface area contributed by atoms with E-state index in [1.54, 1.807) is 7.11 Å². The Kier molecular flexibility index (Phi) is 7.30. The van der Waals surface area contributed by atoms with E-state index >= 15 is 0 Å². The molecule has 0 bridgehead atoms. The molecule has 3 N–H and O–H groups in total. The number of thiocarbonyl (C=S) groups is 1. The highest BCUT2D eigenvalue weighted by Crippen LogP contribution is 2.26. The third-order valence-electron chi connectivity index (χ3n) is 2.46. The SMILES string of the molecule is COc1ccccc1OCC1CNC(=O)O1.NC(=S)C(F)F. The molecule has 1 aromatic carbocycles. The first-order valence-corrected chi connectivity index (χ1v) is 6.62. The van der Waals surface area contributed by atoms with Crippen molar-refractivity contribution in [3.63, 3.8) is 0 Å². The monoisotopic (exact) mass is 334 g/mol. The van der Waals surface area contributed by atoms with Crippen LogP contribution in [0.2, 0.25) is 0 Å². The highest BCUT2D eigenvalue weighted by atomic mass is 32.1. The second kappa shape index (κ2) is 8.98. The summed E-state index contributed by atoms with van der Waals surface area (Å²) in [6.45, 7) is 0.799. The summed E-state index contributed by atoms with van der Waals surface area (Å²) < 4.78 is 37.4. The van der Waals surface area contributed by atoms with Gasteiger partial charge in [0, 0.05) is 0 Å². The number of ether oxygens (including phenoxy) is 3. The highest BCUT2D eigenvalue weighted by Gasteiger charge is 2.23. The van der Waals surface area contributed by atoms with Crippen LogP contribution in [0.5, 0.6) is 11.5 Å². The Morgan fingerprint density at radius 2 is 2.09 bits per heavy atom. The molecule has 1 atom stereocenters. The van der Waals surface area contributed by atoms with E-state index in [0.29, 0.717) is 24.7 Å². The zero-order chi connectivity index (χ0) is 16.5. The zero-order valence-electron chi connectivity index (χ0n) is 11.8. The molecule has 1 heterocycles. The Morgan fingerprint density at radius 3 is 2.55 bits per heavy atom. The van der Waals surface area contributed by atoms with E-state index < -0.39 is 17.5 Å². The Bertz CT molecular complexity index is 517. The lowest BCUT2D eigenvalue weighted by molar-refractivity contribution is 0.103. The third-order valence-corrected chi connectivity index (χ3v) is 2.63. The maximum Gasteiger partial charge on any atom is 0.407 e. The topological polar surface area (TPSA) is 82.8 Å². The molecule has 2 rings (SSSR count). The van der Waals surface area contributed by atoms with Crippen molar-refractivity contribution in [1.82, 2.24) is 5.32 Å². The summed E-state index contributed by atoms with van der Waals surface area (Å²) in [5.74, 6) is 1.31. The molecule has 6 nitrogen and oxygen atoms in total. The van der Waals surface area contributed by atoms with Gasteiger partial charge in [-0.3, -0.25) is 0 Å². The lowest BCUT2D eigenvalue weighted by atomic mass is 10.3. The van der Waals surface area contributed by atoms with Crippen LogP contribution in [0.1, 0.15) is 0 Å². The number of rotatable bonds is 5. The number of benzene rings is 1. The molecular weight excluding hydrogens is 318 g/mol. The lowest BCUT2D eigenvalue weighted by Crippen LogP contribution is -2.22. The second-order valence-corrected chi connectivity index (χ2v) is 4.54. The molecular formula is C13H16F2N2O4S. The fraction of sp³-hybridized carbons (Fsp3) is 0.385. The molecule has 0 spiro atoms. The van der Waals surface area contributed by atoms with E-state index in [9.17, 15) is 13.6 Å². The van der Waals surface area contributed by atoms with Gasteiger partial charge >= 0.3 is 6.09 Å². The molecule has 1 aromatic rings. The van der Waals surface area contributed by atoms with E-state index in [-0.39, 0.29) is 6.10 Å². The number of hydrogen-bond acceptors (Lipinski definition) is 5. The van der Waals surface area contributed by atoms with E-state index in [4.69, 9.17) is 14.2 Å². The van der Waals surface area contributed by atoms with Gasteiger partial charge in [0.1, 0.15) is 11.6 Å². The molecule has 0 aliphatic carbocycles. The summed E-state index contributed by atoms with van der Waals surface area (Å²) in [5, 5.41) is 2.56. The molecule has 0 aromatic heterocycles. The largest absolute Gasteiger partial charge is 0.493 e. The number of carbonyl (C=O) groups is 1. The number of alkyl halides is 2. The van der Waals surface area contributed by atoms with Crippen molar-refractivity contribution >= 4 is 23.3 Å². The maximum atomic E-state index is 10.9. The van der Waals surface area contributed by atoms with Crippen LogP contribution in [0.3, 0.4) is 0 Å². The van der Waals surface area contributed by atoms with Gasteiger partial charge in [0.2, 0.25) is 0 Å². The van der Waals surface area contributed by atoms with E-state index in [0.717, 1.165) is 0 Å². The number of alkyl carbamates (subject to hydrolysis) is 1. The Hall–Kier alpha value is -2.16. The standard InChI is InChI=1S/C11H13NO4.C2H3F2NS/c1-14-9-4-2-3-5-10(9)15-7-8-6-12-11(13)16-8;3-1(4)2(5)6/h2-5,8H,6-7H2,1H3,(H,12,13);1H,(H2,5,6). The first-order chi connectivity index (χ1) is 10.4. The molecule has 122 valence electrons. The summed E-state index contributed by atoms with van der Waals surface area (Å²) in [5.41, 5.74) is 4.42. The van der Waals surface area contributed by atoms with Crippen LogP contribution in [0.25, 0.3) is 0 Å². The molecule has 0 saturated carbocycles. The van der Waals surface area contributed by atoms with Crippen molar-refractivity contribution in [2.75, 3.05) is 20.3 Å². The predicted molar refractivity (Wildman–Crippen MR) is 79.6 cm³/mol. The van der Waals surface area contributed by atoms with Crippen LogP contribution in [0.15, 0.2) is 24.3 Å². The fourth-order valence-corrected chi connectivity index (χ4v) is 1.45. The second-order valence-electron chi connectivity index (χ2n) is 4.07. The van der Waals surface area contributed by atoms with Crippen LogP contribution in [-0.4, -0.2) is 43.9 Å². The van der Waals surface area contributed by atoms with Crippen molar-refractivity contribution < 1.29 is 27.8 Å². The van der Waals surface area contributed by atoms with Gasteiger partial charge in [-0.15, -0.1) is 0 Å². The van der Waals surface area contributed by atoms with Crippen LogP contribution in [-0.2, 0) is 4.74 Å². The normalized spacial score (nSPS) is 16.2. The van der Waals surface area contributed by atoms with E-state index in [1.807, 2.05) is 24.3 Å². The van der Waals surface area contributed by atoms with Gasteiger partial charge in [-0.2, -0.15) is 0 Å². The molecule has 1 amide bonds. The first-order valence-electron chi connectivity index (χ1n) is 6.21. The Labute approximate surface area is 131 Å². The molecule has 22 heavy (non-hydrogen) atoms. The molecule has 1 fully saturated rings. The highest BCUT2D eigenvalue weighted by molar-refractivity contribution is 7.80. The van der Waals surface area contributed by atoms with Crippen molar-refractivity contribution in [2.45, 2.75) is 12.5 Å². The average Bonchev–Trinajstić information content (AvgIpc) is 2.91. The minimum Gasteiger partial charge on any atom is -0.493 e. The zero-order valence-corrected chi connectivity index (χ0v) is 12.6. The van der Waals surface area contributed by atoms with Crippen LogP contribution in [0.4, 0.5) is 13.6 Å². The minimum atomic E-state index is -2.64. The summed E-state index contributed by atoms with van der Waals surface area (Å²) in [6.07, 6.45) is -3.27. The minimum absolute atomic E-state index is 0.239. The Morgan fingerprint density at radius 1 is 1.50 bits per heavy atom. The molecule has 0 radical (unpaired) electrons. The van der Waals surface area contributed by atoms with Crippen molar-refractivity contribution in [2.24, 2.45) is 5.73 Å². The van der Waals surface area contributed by atoms with Crippen LogP contribution in [0, 0.1) is 0 Å². The first kappa shape index (κ1) is 17.9. The van der Waals surface area contributed by atoms with Gasteiger partial charge in [-0.1, -0.05) is 24.4 Å².